The van der Waals surface area contributed by atoms with E-state index in [1.807, 2.05) is 18.2 Å². The minimum Gasteiger partial charge on any atom is -0.338 e. The summed E-state index contributed by atoms with van der Waals surface area (Å²) in [5.74, 6) is 0.686. The van der Waals surface area contributed by atoms with E-state index in [0.29, 0.717) is 23.9 Å². The molecule has 61 heavy (non-hydrogen) atoms. The lowest BCUT2D eigenvalue weighted by atomic mass is 9.80. The highest BCUT2D eigenvalue weighted by molar-refractivity contribution is 6.06. The molecule has 4 atom stereocenters. The van der Waals surface area contributed by atoms with Gasteiger partial charge in [0, 0.05) is 52.1 Å². The van der Waals surface area contributed by atoms with Crippen LogP contribution in [0, 0.1) is 22.7 Å². The van der Waals surface area contributed by atoms with Crippen molar-refractivity contribution in [2.45, 2.75) is 70.9 Å². The van der Waals surface area contributed by atoms with Gasteiger partial charge in [0.25, 0.3) is 0 Å². The summed E-state index contributed by atoms with van der Waals surface area (Å²) in [6, 6.07) is 53.3. The van der Waals surface area contributed by atoms with Crippen LogP contribution in [-0.4, -0.2) is 12.1 Å². The Morgan fingerprint density at radius 3 is 1.54 bits per heavy atom. The van der Waals surface area contributed by atoms with Gasteiger partial charge in [-0.3, -0.25) is 0 Å². The third-order valence-electron chi connectivity index (χ3n) is 14.1. The summed E-state index contributed by atoms with van der Waals surface area (Å²) >= 11 is 0. The molecule has 0 fully saturated rings. The van der Waals surface area contributed by atoms with Gasteiger partial charge in [0.05, 0.1) is 23.3 Å². The lowest BCUT2D eigenvalue weighted by Crippen LogP contribution is -2.25. The molecule has 7 aromatic carbocycles. The number of hydrogen-bond donors (Lipinski definition) is 0. The van der Waals surface area contributed by atoms with Gasteiger partial charge in [-0.1, -0.05) is 119 Å². The van der Waals surface area contributed by atoms with E-state index < -0.39 is 0 Å². The molecule has 0 aromatic heterocycles. The smallest absolute Gasteiger partial charge is 0.0991 e. The zero-order valence-electron chi connectivity index (χ0n) is 35.6. The maximum absolute atomic E-state index is 9.49. The van der Waals surface area contributed by atoms with Gasteiger partial charge in [-0.2, -0.15) is 10.5 Å². The summed E-state index contributed by atoms with van der Waals surface area (Å²) in [4.78, 5) is 4.81. The molecule has 1 aliphatic carbocycles. The van der Waals surface area contributed by atoms with Gasteiger partial charge in [-0.05, 0) is 147 Å². The van der Waals surface area contributed by atoms with Crippen molar-refractivity contribution < 1.29 is 0 Å². The third kappa shape index (κ3) is 6.17. The Labute approximate surface area is 360 Å². The molecule has 0 saturated carbocycles. The van der Waals surface area contributed by atoms with E-state index in [4.69, 9.17) is 0 Å². The van der Waals surface area contributed by atoms with Crippen LogP contribution in [0.25, 0.3) is 46.2 Å². The van der Waals surface area contributed by atoms with E-state index in [1.165, 1.54) is 78.0 Å². The third-order valence-corrected chi connectivity index (χ3v) is 14.1. The summed E-state index contributed by atoms with van der Waals surface area (Å²) in [6.45, 7) is 13.8. The SMILES string of the molecule is CC1c2cc(C#N)ccc2N(c2ccc(/C=C/c3ccc4c(c3)C(C)(C)c3cc(/C=C/c5ccc(N6c7ccc(C#N)cc7C(C)C6C)cc5)c5ccccc5c3-4)cc2)C1C. The predicted molar refractivity (Wildman–Crippen MR) is 255 cm³/mol. The number of hydrogen-bond acceptors (Lipinski definition) is 4. The zero-order chi connectivity index (χ0) is 42.2. The first-order chi connectivity index (χ1) is 29.5. The maximum Gasteiger partial charge on any atom is 0.0991 e. The molecule has 7 aromatic rings. The van der Waals surface area contributed by atoms with Crippen LogP contribution in [0.2, 0.25) is 0 Å². The maximum atomic E-state index is 9.49. The number of fused-ring (bicyclic) bond motifs is 7. The van der Waals surface area contributed by atoms with E-state index in [-0.39, 0.29) is 5.41 Å². The summed E-state index contributed by atoms with van der Waals surface area (Å²) in [5, 5.41) is 21.5. The quantitative estimate of drug-likeness (QED) is 0.158. The Balaban J connectivity index is 0.905. The fourth-order valence-electron chi connectivity index (χ4n) is 10.3. The summed E-state index contributed by atoms with van der Waals surface area (Å²) in [6.07, 6.45) is 8.97. The largest absolute Gasteiger partial charge is 0.338 e. The van der Waals surface area contributed by atoms with Gasteiger partial charge in [-0.25, -0.2) is 0 Å². The monoisotopic (exact) mass is 788 g/mol. The Bertz CT molecular complexity index is 3040. The van der Waals surface area contributed by atoms with Crippen molar-refractivity contribution >= 4 is 57.8 Å². The lowest BCUT2D eigenvalue weighted by Gasteiger charge is -2.26. The molecule has 0 amide bonds. The highest BCUT2D eigenvalue weighted by Gasteiger charge is 2.38. The van der Waals surface area contributed by atoms with Crippen molar-refractivity contribution in [2.75, 3.05) is 9.80 Å². The van der Waals surface area contributed by atoms with Crippen LogP contribution in [0.4, 0.5) is 22.7 Å². The summed E-state index contributed by atoms with van der Waals surface area (Å²) in [7, 11) is 0. The Morgan fingerprint density at radius 1 is 0.508 bits per heavy atom. The fourth-order valence-corrected chi connectivity index (χ4v) is 10.3. The van der Waals surface area contributed by atoms with E-state index in [2.05, 4.69) is 203 Å². The second-order valence-corrected chi connectivity index (χ2v) is 17.8. The number of nitriles is 2. The number of benzene rings is 7. The van der Waals surface area contributed by atoms with Gasteiger partial charge in [-0.15, -0.1) is 0 Å². The average Bonchev–Trinajstić information content (AvgIpc) is 3.79. The first-order valence-electron chi connectivity index (χ1n) is 21.5. The number of nitrogens with zero attached hydrogens (tertiary/aromatic N) is 4. The van der Waals surface area contributed by atoms with Crippen molar-refractivity contribution in [3.63, 3.8) is 0 Å². The second kappa shape index (κ2) is 14.5. The fraction of sp³-hybridized carbons (Fsp3) is 0.193. The molecular weight excluding hydrogens is 741 g/mol. The van der Waals surface area contributed by atoms with Crippen LogP contribution in [-0.2, 0) is 5.41 Å². The molecule has 10 rings (SSSR count). The van der Waals surface area contributed by atoms with Gasteiger partial charge >= 0.3 is 0 Å². The molecule has 4 nitrogen and oxygen atoms in total. The number of anilines is 4. The minimum absolute atomic E-state index is 0.174. The highest BCUT2D eigenvalue weighted by Crippen LogP contribution is 2.53. The van der Waals surface area contributed by atoms with Crippen LogP contribution in [0.15, 0.2) is 133 Å². The molecule has 0 N–H and O–H groups in total. The molecule has 3 aliphatic rings. The van der Waals surface area contributed by atoms with E-state index in [1.54, 1.807) is 0 Å². The molecule has 0 saturated heterocycles. The molecule has 4 heteroatoms. The molecule has 4 unspecified atom stereocenters. The summed E-state index contributed by atoms with van der Waals surface area (Å²) in [5.41, 5.74) is 18.6. The molecule has 2 heterocycles. The van der Waals surface area contributed by atoms with Crippen LogP contribution in [0.1, 0.15) is 109 Å². The van der Waals surface area contributed by atoms with Gasteiger partial charge in [0.2, 0.25) is 0 Å². The molecular formula is C57H48N4. The van der Waals surface area contributed by atoms with Crippen molar-refractivity contribution in [3.05, 3.63) is 189 Å². The van der Waals surface area contributed by atoms with Crippen molar-refractivity contribution in [3.8, 4) is 23.3 Å². The molecule has 0 radical (unpaired) electrons. The molecule has 0 spiro atoms. The summed E-state index contributed by atoms with van der Waals surface area (Å²) < 4.78 is 0. The minimum atomic E-state index is -0.174. The van der Waals surface area contributed by atoms with Crippen LogP contribution < -0.4 is 9.80 Å². The van der Waals surface area contributed by atoms with Crippen LogP contribution in [0.3, 0.4) is 0 Å². The van der Waals surface area contributed by atoms with E-state index in [0.717, 1.165) is 22.3 Å². The zero-order valence-corrected chi connectivity index (χ0v) is 35.6. The Morgan fingerprint density at radius 2 is 1.00 bits per heavy atom. The predicted octanol–water partition coefficient (Wildman–Crippen LogP) is 14.5. The van der Waals surface area contributed by atoms with Gasteiger partial charge < -0.3 is 9.80 Å². The second-order valence-electron chi connectivity index (χ2n) is 17.8. The Hall–Kier alpha value is -7.14. The average molecular weight is 789 g/mol. The molecule has 0 bridgehead atoms. The first-order valence-corrected chi connectivity index (χ1v) is 21.5. The molecule has 2 aliphatic heterocycles. The standard InChI is InChI=1S/C57H48N4/c1-35-37(3)60(54-27-19-42(33-58)29-50(35)54)45-22-14-39(15-23-45)11-12-41-18-26-49-52(31-41)57(5,6)53-32-44(47-9-7-8-10-48(47)56(49)53)21-13-40-16-24-46(25-17-40)61-38(4)36(2)51-30-43(34-59)20-28-55(51)61/h7-32,35-38H,1-6H3/b12-11+,21-13+. The van der Waals surface area contributed by atoms with Gasteiger partial charge in [0.15, 0.2) is 0 Å². The number of rotatable bonds is 6. The highest BCUT2D eigenvalue weighted by atomic mass is 15.2. The van der Waals surface area contributed by atoms with Crippen LogP contribution >= 0.6 is 0 Å². The normalized spacial score (nSPS) is 19.5. The Kier molecular flexibility index (Phi) is 9.08. The van der Waals surface area contributed by atoms with Crippen LogP contribution in [0.5, 0.6) is 0 Å². The lowest BCUT2D eigenvalue weighted by molar-refractivity contribution is 0.642. The van der Waals surface area contributed by atoms with Gasteiger partial charge in [0.1, 0.15) is 0 Å². The van der Waals surface area contributed by atoms with E-state index >= 15 is 0 Å². The van der Waals surface area contributed by atoms with Crippen molar-refractivity contribution in [2.24, 2.45) is 0 Å². The van der Waals surface area contributed by atoms with Crippen molar-refractivity contribution in [1.29, 1.82) is 10.5 Å². The molecule has 296 valence electrons. The van der Waals surface area contributed by atoms with E-state index in [9.17, 15) is 10.5 Å². The topological polar surface area (TPSA) is 54.1 Å². The van der Waals surface area contributed by atoms with Crippen molar-refractivity contribution in [1.82, 2.24) is 0 Å². The first kappa shape index (κ1) is 38.1.